The molecule has 0 aromatic heterocycles. The Bertz CT molecular complexity index is 530. The van der Waals surface area contributed by atoms with E-state index in [-0.39, 0.29) is 9.81 Å². The van der Waals surface area contributed by atoms with E-state index in [1.807, 2.05) is 12.5 Å². The molecule has 0 unspecified atom stereocenters. The van der Waals surface area contributed by atoms with Crippen LogP contribution in [0.15, 0.2) is 26.8 Å². The van der Waals surface area contributed by atoms with Crippen molar-refractivity contribution in [3.8, 4) is 0 Å². The number of rotatable bonds is 4. The fourth-order valence-corrected chi connectivity index (χ4v) is 8.88. The van der Waals surface area contributed by atoms with Crippen LogP contribution in [0.2, 0.25) is 0 Å². The molecule has 0 radical (unpaired) electrons. The first-order chi connectivity index (χ1) is 9.47. The van der Waals surface area contributed by atoms with Crippen LogP contribution in [0.4, 0.5) is 0 Å². The van der Waals surface area contributed by atoms with Gasteiger partial charge in [0.25, 0.3) is 0 Å². The molecule has 0 fully saturated rings. The van der Waals surface area contributed by atoms with Gasteiger partial charge in [-0.25, -0.2) is 0 Å². The Morgan fingerprint density at radius 2 is 1.15 bits per heavy atom. The Balaban J connectivity index is 2.26. The van der Waals surface area contributed by atoms with Gasteiger partial charge >= 0.3 is 0 Å². The molecular formula is C10H6O4S6-2. The van der Waals surface area contributed by atoms with E-state index in [4.69, 9.17) is 0 Å². The fourth-order valence-electron chi connectivity index (χ4n) is 1.26. The summed E-state index contributed by atoms with van der Waals surface area (Å²) in [6.07, 6.45) is 3.94. The zero-order chi connectivity index (χ0) is 14.9. The third kappa shape index (κ3) is 3.36. The maximum Gasteiger partial charge on any atom is 0.0794 e. The summed E-state index contributed by atoms with van der Waals surface area (Å²) in [6, 6.07) is 0. The molecular weight excluding hydrogens is 377 g/mol. The quantitative estimate of drug-likeness (QED) is 0.715. The van der Waals surface area contributed by atoms with E-state index in [9.17, 15) is 19.8 Å². The molecule has 0 N–H and O–H groups in total. The van der Waals surface area contributed by atoms with Crippen molar-refractivity contribution in [1.29, 1.82) is 0 Å². The van der Waals surface area contributed by atoms with Crippen molar-refractivity contribution in [3.05, 3.63) is 26.8 Å². The summed E-state index contributed by atoms with van der Waals surface area (Å²) in [6.45, 7) is 0. The number of carbonyl (C=O) groups is 2. The molecule has 0 aromatic carbocycles. The number of hydrogen-bond donors (Lipinski definition) is 0. The third-order valence-corrected chi connectivity index (χ3v) is 10.3. The van der Waals surface area contributed by atoms with Crippen molar-refractivity contribution in [3.63, 3.8) is 0 Å². The molecule has 0 atom stereocenters. The van der Waals surface area contributed by atoms with Crippen LogP contribution in [0.5, 0.6) is 0 Å². The molecule has 0 aromatic rings. The molecule has 2 rings (SSSR count). The number of aliphatic carboxylic acids is 2. The second kappa shape index (κ2) is 7.01. The maximum absolute atomic E-state index is 11.0. The Labute approximate surface area is 141 Å². The number of hydrogen-bond acceptors (Lipinski definition) is 10. The summed E-state index contributed by atoms with van der Waals surface area (Å²) < 4.78 is 3.85. The van der Waals surface area contributed by atoms with Crippen LogP contribution in [-0.4, -0.2) is 24.5 Å². The van der Waals surface area contributed by atoms with Crippen LogP contribution >= 0.6 is 70.6 Å². The summed E-state index contributed by atoms with van der Waals surface area (Å²) >= 11 is 8.17. The maximum atomic E-state index is 11.0. The number of carboxylic acids is 2. The lowest BCUT2D eigenvalue weighted by atomic mass is 10.5. The molecule has 2 aliphatic heterocycles. The Kier molecular flexibility index (Phi) is 5.83. The molecule has 0 aliphatic carbocycles. The van der Waals surface area contributed by atoms with Crippen LogP contribution in [-0.2, 0) is 9.59 Å². The van der Waals surface area contributed by atoms with Crippen molar-refractivity contribution in [2.45, 2.75) is 0 Å². The summed E-state index contributed by atoms with van der Waals surface area (Å²) in [7, 11) is 0. The van der Waals surface area contributed by atoms with Crippen LogP contribution in [0, 0.1) is 0 Å². The molecule has 20 heavy (non-hydrogen) atoms. The van der Waals surface area contributed by atoms with E-state index in [1.165, 1.54) is 23.5 Å². The zero-order valence-electron chi connectivity index (χ0n) is 10.1. The summed E-state index contributed by atoms with van der Waals surface area (Å²) in [5.74, 6) is -2.96. The van der Waals surface area contributed by atoms with Crippen LogP contribution in [0.1, 0.15) is 0 Å². The van der Waals surface area contributed by atoms with Crippen LogP contribution in [0.3, 0.4) is 0 Å². The average Bonchev–Trinajstić information content (AvgIpc) is 3.01. The van der Waals surface area contributed by atoms with Gasteiger partial charge in [-0.2, -0.15) is 0 Å². The highest BCUT2D eigenvalue weighted by Gasteiger charge is 2.30. The first kappa shape index (κ1) is 16.6. The van der Waals surface area contributed by atoms with Gasteiger partial charge in [0.05, 0.1) is 38.7 Å². The molecule has 0 saturated heterocycles. The van der Waals surface area contributed by atoms with E-state index >= 15 is 0 Å². The smallest absolute Gasteiger partial charge is 0.0794 e. The van der Waals surface area contributed by atoms with Gasteiger partial charge < -0.3 is 19.8 Å². The average molecular weight is 383 g/mol. The lowest BCUT2D eigenvalue weighted by molar-refractivity contribution is -0.302. The Morgan fingerprint density at radius 1 is 0.800 bits per heavy atom. The highest BCUT2D eigenvalue weighted by Crippen LogP contribution is 2.62. The Hall–Kier alpha value is 0.260. The first-order valence-electron chi connectivity index (χ1n) is 4.92. The molecule has 4 nitrogen and oxygen atoms in total. The predicted octanol–water partition coefficient (Wildman–Crippen LogP) is 1.64. The van der Waals surface area contributed by atoms with Crippen molar-refractivity contribution < 1.29 is 19.8 Å². The Morgan fingerprint density at radius 3 is 1.45 bits per heavy atom. The SMILES string of the molecule is CSC1=C(SC)SC(=C2SC(C(=O)[O-])=C(C(=O)[O-])S2)S1. The van der Waals surface area contributed by atoms with Gasteiger partial charge in [-0.1, -0.05) is 47.0 Å². The standard InChI is InChI=1S/C10H8O4S6/c1-15-7-8(16-2)20-10(19-7)9-17-3(5(11)12)4(18-9)6(13)14/h1-2H3,(H,11,12)(H,13,14)/p-2. The molecule has 0 amide bonds. The second-order valence-electron chi connectivity index (χ2n) is 3.20. The highest BCUT2D eigenvalue weighted by atomic mass is 32.3. The first-order valence-corrected chi connectivity index (χ1v) is 10.6. The van der Waals surface area contributed by atoms with E-state index in [1.54, 1.807) is 23.5 Å². The minimum absolute atomic E-state index is 0.276. The highest BCUT2D eigenvalue weighted by molar-refractivity contribution is 8.42. The van der Waals surface area contributed by atoms with E-state index in [2.05, 4.69) is 0 Å². The second-order valence-corrected chi connectivity index (χ2v) is 9.95. The van der Waals surface area contributed by atoms with Crippen molar-refractivity contribution in [2.75, 3.05) is 12.5 Å². The topological polar surface area (TPSA) is 80.3 Å². The summed E-state index contributed by atoms with van der Waals surface area (Å²) in [5.41, 5.74) is 0. The monoisotopic (exact) mass is 382 g/mol. The molecule has 0 bridgehead atoms. The molecule has 0 spiro atoms. The summed E-state index contributed by atoms with van der Waals surface area (Å²) in [4.78, 5) is 21.4. The fraction of sp³-hybridized carbons (Fsp3) is 0.200. The molecule has 108 valence electrons. The molecule has 0 saturated carbocycles. The van der Waals surface area contributed by atoms with Gasteiger partial charge in [-0.15, -0.1) is 23.5 Å². The van der Waals surface area contributed by atoms with E-state index in [0.717, 1.165) is 36.2 Å². The third-order valence-electron chi connectivity index (χ3n) is 2.04. The van der Waals surface area contributed by atoms with Crippen molar-refractivity contribution in [1.82, 2.24) is 0 Å². The van der Waals surface area contributed by atoms with Gasteiger partial charge in [-0.3, -0.25) is 0 Å². The molecule has 2 aliphatic rings. The van der Waals surface area contributed by atoms with E-state index in [0.29, 0.717) is 4.24 Å². The normalized spacial score (nSPS) is 19.3. The minimum Gasteiger partial charge on any atom is -0.544 e. The number of carboxylic acid groups (broad SMARTS) is 2. The van der Waals surface area contributed by atoms with E-state index < -0.39 is 11.9 Å². The lowest BCUT2D eigenvalue weighted by Gasteiger charge is -2.05. The van der Waals surface area contributed by atoms with Gasteiger partial charge in [-0.05, 0) is 12.5 Å². The molecule has 10 heteroatoms. The van der Waals surface area contributed by atoms with Crippen molar-refractivity contribution >= 4 is 82.5 Å². The van der Waals surface area contributed by atoms with Gasteiger partial charge in [0.15, 0.2) is 0 Å². The summed E-state index contributed by atoms with van der Waals surface area (Å²) in [5, 5.41) is 21.9. The van der Waals surface area contributed by atoms with Gasteiger partial charge in [0.2, 0.25) is 0 Å². The number of carbonyl (C=O) groups excluding carboxylic acids is 2. The number of thioether (sulfide) groups is 6. The lowest BCUT2D eigenvalue weighted by Crippen LogP contribution is -2.28. The van der Waals surface area contributed by atoms with Gasteiger partial charge in [0.1, 0.15) is 0 Å². The molecule has 2 heterocycles. The van der Waals surface area contributed by atoms with Crippen LogP contribution in [0.25, 0.3) is 0 Å². The predicted molar refractivity (Wildman–Crippen MR) is 88.5 cm³/mol. The largest absolute Gasteiger partial charge is 0.544 e. The minimum atomic E-state index is -1.48. The van der Waals surface area contributed by atoms with Crippen LogP contribution < -0.4 is 10.2 Å². The van der Waals surface area contributed by atoms with Gasteiger partial charge in [0, 0.05) is 0 Å². The van der Waals surface area contributed by atoms with Crippen molar-refractivity contribution in [2.24, 2.45) is 0 Å². The zero-order valence-corrected chi connectivity index (χ0v) is 15.0.